The molecule has 0 N–H and O–H groups in total. The quantitative estimate of drug-likeness (QED) is 0.485. The van der Waals surface area contributed by atoms with Gasteiger partial charge in [-0.2, -0.15) is 4.98 Å². The molecule has 1 aromatic heterocycles. The number of hydrogen-bond donors (Lipinski definition) is 0. The summed E-state index contributed by atoms with van der Waals surface area (Å²) in [5.41, 5.74) is 1.79. The van der Waals surface area contributed by atoms with Crippen molar-refractivity contribution >= 4 is 28.1 Å². The normalized spacial score (nSPS) is 22.6. The lowest BCUT2D eigenvalue weighted by Crippen LogP contribution is -2.14. The van der Waals surface area contributed by atoms with Crippen LogP contribution in [0.1, 0.15) is 63.4 Å². The molecule has 2 atom stereocenters. The van der Waals surface area contributed by atoms with Gasteiger partial charge in [-0.25, -0.2) is 0 Å². The minimum Gasteiger partial charge on any atom is -0.333 e. The van der Waals surface area contributed by atoms with E-state index in [-0.39, 0.29) is 0 Å². The Morgan fingerprint density at radius 1 is 1.43 bits per heavy atom. The van der Waals surface area contributed by atoms with Crippen molar-refractivity contribution in [3.05, 3.63) is 41.1 Å². The SMILES string of the molecule is C=C(C)/C(=C\C=C(/C)Cl)c1noc(C2CCC[S+]2CCCC)n1. The van der Waals surface area contributed by atoms with Crippen LogP contribution in [0.2, 0.25) is 0 Å². The molecule has 1 saturated heterocycles. The number of nitrogens with zero attached hydrogens (tertiary/aromatic N) is 2. The van der Waals surface area contributed by atoms with Crippen LogP contribution < -0.4 is 0 Å². The average molecular weight is 354 g/mol. The predicted molar refractivity (Wildman–Crippen MR) is 101 cm³/mol. The summed E-state index contributed by atoms with van der Waals surface area (Å²) >= 11 is 5.91. The fourth-order valence-corrected chi connectivity index (χ4v) is 5.60. The van der Waals surface area contributed by atoms with Crippen molar-refractivity contribution in [2.45, 2.75) is 51.7 Å². The van der Waals surface area contributed by atoms with Gasteiger partial charge in [-0.1, -0.05) is 36.7 Å². The number of allylic oxidation sites excluding steroid dienone is 5. The summed E-state index contributed by atoms with van der Waals surface area (Å²) in [5.74, 6) is 4.01. The molecular formula is C18H26ClN2OS+. The van der Waals surface area contributed by atoms with Gasteiger partial charge in [0.05, 0.1) is 0 Å². The molecule has 2 unspecified atom stereocenters. The van der Waals surface area contributed by atoms with Gasteiger partial charge < -0.3 is 4.52 Å². The first-order chi connectivity index (χ1) is 11.0. The van der Waals surface area contributed by atoms with Gasteiger partial charge in [0.1, 0.15) is 11.5 Å². The van der Waals surface area contributed by atoms with Crippen molar-refractivity contribution in [1.29, 1.82) is 0 Å². The first-order valence-electron chi connectivity index (χ1n) is 8.23. The standard InChI is InChI=1S/C18H26ClN2OS/c1-5-6-11-23-12-7-8-16(23)18-20-17(21-22-18)15(13(2)3)10-9-14(4)19/h9-10,16H,2,5-8,11-12H2,1,3-4H3/q+1/b14-9+,15-10+. The van der Waals surface area contributed by atoms with Gasteiger partial charge >= 0.3 is 0 Å². The molecule has 2 heterocycles. The van der Waals surface area contributed by atoms with Crippen LogP contribution in [0.25, 0.3) is 5.57 Å². The Labute approximate surface area is 147 Å². The van der Waals surface area contributed by atoms with Gasteiger partial charge in [-0.15, -0.1) is 0 Å². The molecule has 0 aliphatic carbocycles. The van der Waals surface area contributed by atoms with Crippen LogP contribution in [-0.4, -0.2) is 21.6 Å². The van der Waals surface area contributed by atoms with Crippen molar-refractivity contribution < 1.29 is 4.52 Å². The number of halogens is 1. The summed E-state index contributed by atoms with van der Waals surface area (Å²) in [6.07, 6.45) is 8.72. The predicted octanol–water partition coefficient (Wildman–Crippen LogP) is 5.43. The van der Waals surface area contributed by atoms with Crippen LogP contribution in [0.15, 0.2) is 33.9 Å². The highest BCUT2D eigenvalue weighted by Gasteiger charge is 2.40. The maximum Gasteiger partial charge on any atom is 0.279 e. The van der Waals surface area contributed by atoms with Crippen LogP contribution >= 0.6 is 11.6 Å². The molecule has 0 aromatic carbocycles. The second-order valence-electron chi connectivity index (χ2n) is 6.00. The number of unbranched alkanes of at least 4 members (excludes halogenated alkanes) is 1. The largest absolute Gasteiger partial charge is 0.333 e. The highest BCUT2D eigenvalue weighted by molar-refractivity contribution is 7.97. The van der Waals surface area contributed by atoms with E-state index in [9.17, 15) is 0 Å². The maximum atomic E-state index is 5.91. The van der Waals surface area contributed by atoms with Crippen LogP contribution in [0.4, 0.5) is 0 Å². The van der Waals surface area contributed by atoms with Gasteiger partial charge in [0, 0.05) is 17.0 Å². The average Bonchev–Trinajstić information content (AvgIpc) is 3.13. The monoisotopic (exact) mass is 353 g/mol. The van der Waals surface area contributed by atoms with Gasteiger partial charge in [-0.05, 0) is 55.3 Å². The van der Waals surface area contributed by atoms with Crippen LogP contribution in [0, 0.1) is 0 Å². The van der Waals surface area contributed by atoms with E-state index >= 15 is 0 Å². The second kappa shape index (κ2) is 8.74. The van der Waals surface area contributed by atoms with Crippen molar-refractivity contribution in [1.82, 2.24) is 10.1 Å². The van der Waals surface area contributed by atoms with Crippen molar-refractivity contribution in [3.8, 4) is 0 Å². The van der Waals surface area contributed by atoms with Crippen LogP contribution in [0.5, 0.6) is 0 Å². The minimum absolute atomic E-state index is 0.391. The van der Waals surface area contributed by atoms with E-state index < -0.39 is 0 Å². The molecule has 2 rings (SSSR count). The van der Waals surface area contributed by atoms with Crippen LogP contribution in [0.3, 0.4) is 0 Å². The third-order valence-electron chi connectivity index (χ3n) is 3.93. The number of rotatable bonds is 7. The summed E-state index contributed by atoms with van der Waals surface area (Å²) < 4.78 is 5.61. The molecule has 0 spiro atoms. The van der Waals surface area contributed by atoms with Crippen LogP contribution in [-0.2, 0) is 10.9 Å². The Morgan fingerprint density at radius 3 is 2.87 bits per heavy atom. The molecule has 126 valence electrons. The highest BCUT2D eigenvalue weighted by Crippen LogP contribution is 2.36. The van der Waals surface area contributed by atoms with Gasteiger partial charge in [0.25, 0.3) is 5.89 Å². The molecule has 0 saturated carbocycles. The van der Waals surface area contributed by atoms with Gasteiger partial charge in [0.2, 0.25) is 5.82 Å². The Balaban J connectivity index is 2.20. The Bertz CT molecular complexity index is 602. The maximum absolute atomic E-state index is 5.91. The molecule has 0 amide bonds. The molecule has 0 bridgehead atoms. The molecule has 1 aliphatic heterocycles. The lowest BCUT2D eigenvalue weighted by atomic mass is 10.1. The molecule has 0 radical (unpaired) electrons. The van der Waals surface area contributed by atoms with E-state index in [4.69, 9.17) is 16.1 Å². The highest BCUT2D eigenvalue weighted by atomic mass is 35.5. The third kappa shape index (κ3) is 4.98. The topological polar surface area (TPSA) is 38.9 Å². The van der Waals surface area contributed by atoms with Gasteiger partial charge in [-0.3, -0.25) is 0 Å². The van der Waals surface area contributed by atoms with E-state index in [1.807, 2.05) is 26.0 Å². The Kier molecular flexibility index (Phi) is 6.97. The van der Waals surface area contributed by atoms with Crippen molar-refractivity contribution in [2.75, 3.05) is 11.5 Å². The summed E-state index contributed by atoms with van der Waals surface area (Å²) in [4.78, 5) is 4.68. The molecule has 5 heteroatoms. The Morgan fingerprint density at radius 2 is 2.22 bits per heavy atom. The molecule has 1 aromatic rings. The van der Waals surface area contributed by atoms with E-state index in [2.05, 4.69) is 23.6 Å². The number of hydrogen-bond acceptors (Lipinski definition) is 3. The fourth-order valence-electron chi connectivity index (χ4n) is 2.68. The summed E-state index contributed by atoms with van der Waals surface area (Å²) in [6, 6.07) is 0. The molecule has 23 heavy (non-hydrogen) atoms. The van der Waals surface area contributed by atoms with E-state index in [1.54, 1.807) is 0 Å². The van der Waals surface area contributed by atoms with E-state index in [0.717, 1.165) is 17.0 Å². The zero-order valence-corrected chi connectivity index (χ0v) is 15.8. The first-order valence-corrected chi connectivity index (χ1v) is 10.2. The van der Waals surface area contributed by atoms with E-state index in [1.165, 1.54) is 37.2 Å². The summed E-state index contributed by atoms with van der Waals surface area (Å²) in [7, 11) is 0.391. The lowest BCUT2D eigenvalue weighted by Gasteiger charge is -2.06. The molecule has 3 nitrogen and oxygen atoms in total. The summed E-state index contributed by atoms with van der Waals surface area (Å²) in [6.45, 7) is 10.0. The zero-order valence-electron chi connectivity index (χ0n) is 14.3. The first kappa shape index (κ1) is 18.3. The number of aromatic nitrogens is 2. The smallest absolute Gasteiger partial charge is 0.279 e. The molecular weight excluding hydrogens is 328 g/mol. The molecule has 1 fully saturated rings. The Hall–Kier alpha value is -1.00. The van der Waals surface area contributed by atoms with Crippen molar-refractivity contribution in [3.63, 3.8) is 0 Å². The van der Waals surface area contributed by atoms with Crippen molar-refractivity contribution in [2.24, 2.45) is 0 Å². The third-order valence-corrected chi connectivity index (χ3v) is 6.93. The fraction of sp³-hybridized carbons (Fsp3) is 0.556. The lowest BCUT2D eigenvalue weighted by molar-refractivity contribution is 0.372. The minimum atomic E-state index is 0.391. The van der Waals surface area contributed by atoms with Gasteiger partial charge in [0.15, 0.2) is 5.25 Å². The zero-order chi connectivity index (χ0) is 16.8. The summed E-state index contributed by atoms with van der Waals surface area (Å²) in [5, 5.41) is 5.35. The molecule has 1 aliphatic rings. The van der Waals surface area contributed by atoms with E-state index in [0.29, 0.717) is 27.0 Å². The second-order valence-corrected chi connectivity index (χ2v) is 9.06.